The lowest BCUT2D eigenvalue weighted by atomic mass is 9.97. The Labute approximate surface area is 77.2 Å². The molecule has 2 rings (SSSR count). The van der Waals surface area contributed by atoms with Crippen LogP contribution in [0.25, 0.3) is 0 Å². The molecule has 0 bridgehead atoms. The van der Waals surface area contributed by atoms with Gasteiger partial charge < -0.3 is 10.6 Å². The summed E-state index contributed by atoms with van der Waals surface area (Å²) >= 11 is 0. The normalized spacial score (nSPS) is 21.5. The van der Waals surface area contributed by atoms with Crippen molar-refractivity contribution in [2.24, 2.45) is 5.73 Å². The minimum absolute atomic E-state index is 0.0121. The van der Waals surface area contributed by atoms with Gasteiger partial charge in [-0.25, -0.2) is 4.39 Å². The molecule has 0 radical (unpaired) electrons. The number of rotatable bonds is 0. The molecule has 0 aliphatic carbocycles. The third kappa shape index (κ3) is 1.29. The van der Waals surface area contributed by atoms with Gasteiger partial charge in [0.2, 0.25) is 0 Å². The fraction of sp³-hybridized carbons (Fsp3) is 0.400. The predicted molar refractivity (Wildman–Crippen MR) is 51.2 cm³/mol. The molecule has 0 fully saturated rings. The summed E-state index contributed by atoms with van der Waals surface area (Å²) < 4.78 is 13.4. The SMILES string of the molecule is CN1CCC(N)c2cccc(F)c21. The lowest BCUT2D eigenvalue weighted by molar-refractivity contribution is 0.572. The molecular formula is C10H13FN2. The Bertz CT molecular complexity index is 325. The lowest BCUT2D eigenvalue weighted by Crippen LogP contribution is -2.31. The molecule has 1 heterocycles. The van der Waals surface area contributed by atoms with Crippen LogP contribution in [-0.2, 0) is 0 Å². The van der Waals surface area contributed by atoms with Crippen LogP contribution in [0.1, 0.15) is 18.0 Å². The number of para-hydroxylation sites is 1. The second kappa shape index (κ2) is 3.00. The fourth-order valence-electron chi connectivity index (χ4n) is 1.83. The molecule has 3 heteroatoms. The van der Waals surface area contributed by atoms with Gasteiger partial charge in [0, 0.05) is 19.6 Å². The highest BCUT2D eigenvalue weighted by atomic mass is 19.1. The summed E-state index contributed by atoms with van der Waals surface area (Å²) in [5.41, 5.74) is 7.48. The van der Waals surface area contributed by atoms with Crippen molar-refractivity contribution in [3.05, 3.63) is 29.6 Å². The molecule has 70 valence electrons. The number of hydrogen-bond donors (Lipinski definition) is 1. The van der Waals surface area contributed by atoms with Crippen molar-refractivity contribution < 1.29 is 4.39 Å². The van der Waals surface area contributed by atoms with Crippen molar-refractivity contribution >= 4 is 5.69 Å². The van der Waals surface area contributed by atoms with E-state index in [1.54, 1.807) is 6.07 Å². The van der Waals surface area contributed by atoms with Crippen LogP contribution in [0.2, 0.25) is 0 Å². The van der Waals surface area contributed by atoms with Crippen LogP contribution in [0.3, 0.4) is 0 Å². The van der Waals surface area contributed by atoms with Gasteiger partial charge in [0.15, 0.2) is 0 Å². The maximum Gasteiger partial charge on any atom is 0.146 e. The maximum atomic E-state index is 13.4. The van der Waals surface area contributed by atoms with E-state index in [-0.39, 0.29) is 11.9 Å². The minimum Gasteiger partial charge on any atom is -0.372 e. The van der Waals surface area contributed by atoms with Gasteiger partial charge in [-0.15, -0.1) is 0 Å². The van der Waals surface area contributed by atoms with E-state index in [4.69, 9.17) is 5.73 Å². The summed E-state index contributed by atoms with van der Waals surface area (Å²) in [6.45, 7) is 0.828. The smallest absolute Gasteiger partial charge is 0.146 e. The third-order valence-electron chi connectivity index (χ3n) is 2.57. The third-order valence-corrected chi connectivity index (χ3v) is 2.57. The topological polar surface area (TPSA) is 29.3 Å². The summed E-state index contributed by atoms with van der Waals surface area (Å²) in [6, 6.07) is 5.08. The number of hydrogen-bond acceptors (Lipinski definition) is 2. The average Bonchev–Trinajstić information content (AvgIpc) is 2.12. The highest BCUT2D eigenvalue weighted by Crippen LogP contribution is 2.33. The first-order valence-electron chi connectivity index (χ1n) is 4.45. The largest absolute Gasteiger partial charge is 0.372 e. The van der Waals surface area contributed by atoms with E-state index in [0.29, 0.717) is 5.69 Å². The van der Waals surface area contributed by atoms with E-state index in [0.717, 1.165) is 18.5 Å². The molecule has 1 unspecified atom stereocenters. The molecule has 13 heavy (non-hydrogen) atoms. The van der Waals surface area contributed by atoms with Gasteiger partial charge in [0.25, 0.3) is 0 Å². The standard InChI is InChI=1S/C10H13FN2/c1-13-6-5-9(12)7-3-2-4-8(11)10(7)13/h2-4,9H,5-6,12H2,1H3. The van der Waals surface area contributed by atoms with Gasteiger partial charge in [0.1, 0.15) is 5.82 Å². The van der Waals surface area contributed by atoms with Gasteiger partial charge in [-0.05, 0) is 18.1 Å². The fourth-order valence-corrected chi connectivity index (χ4v) is 1.83. The molecule has 1 aliphatic heterocycles. The molecular weight excluding hydrogens is 167 g/mol. The second-order valence-electron chi connectivity index (χ2n) is 3.49. The monoisotopic (exact) mass is 180 g/mol. The Balaban J connectivity index is 2.56. The Morgan fingerprint density at radius 2 is 2.31 bits per heavy atom. The number of anilines is 1. The van der Waals surface area contributed by atoms with Crippen LogP contribution in [0.4, 0.5) is 10.1 Å². The van der Waals surface area contributed by atoms with E-state index in [2.05, 4.69) is 0 Å². The first kappa shape index (κ1) is 8.51. The van der Waals surface area contributed by atoms with Crippen molar-refractivity contribution in [3.8, 4) is 0 Å². The van der Waals surface area contributed by atoms with Crippen molar-refractivity contribution in [2.75, 3.05) is 18.5 Å². The van der Waals surface area contributed by atoms with Crippen LogP contribution >= 0.6 is 0 Å². The van der Waals surface area contributed by atoms with Crippen LogP contribution in [0.15, 0.2) is 18.2 Å². The van der Waals surface area contributed by atoms with E-state index in [1.807, 2.05) is 18.0 Å². The molecule has 2 nitrogen and oxygen atoms in total. The summed E-state index contributed by atoms with van der Waals surface area (Å²) in [5, 5.41) is 0. The van der Waals surface area contributed by atoms with Crippen LogP contribution in [0.5, 0.6) is 0 Å². The number of benzene rings is 1. The first-order valence-corrected chi connectivity index (χ1v) is 4.45. The Kier molecular flexibility index (Phi) is 1.96. The Morgan fingerprint density at radius 3 is 3.00 bits per heavy atom. The molecule has 1 atom stereocenters. The van der Waals surface area contributed by atoms with Crippen LogP contribution < -0.4 is 10.6 Å². The zero-order valence-corrected chi connectivity index (χ0v) is 7.63. The molecule has 1 aliphatic rings. The molecule has 1 aromatic rings. The molecule has 0 saturated heterocycles. The Morgan fingerprint density at radius 1 is 1.54 bits per heavy atom. The molecule has 0 amide bonds. The van der Waals surface area contributed by atoms with Crippen molar-refractivity contribution in [1.29, 1.82) is 0 Å². The van der Waals surface area contributed by atoms with Gasteiger partial charge in [-0.3, -0.25) is 0 Å². The quantitative estimate of drug-likeness (QED) is 0.658. The average molecular weight is 180 g/mol. The van der Waals surface area contributed by atoms with E-state index < -0.39 is 0 Å². The van der Waals surface area contributed by atoms with E-state index in [9.17, 15) is 4.39 Å². The van der Waals surface area contributed by atoms with Crippen molar-refractivity contribution in [2.45, 2.75) is 12.5 Å². The molecule has 0 aromatic heterocycles. The summed E-state index contributed by atoms with van der Waals surface area (Å²) in [6.07, 6.45) is 0.896. The van der Waals surface area contributed by atoms with Gasteiger partial charge in [0.05, 0.1) is 5.69 Å². The van der Waals surface area contributed by atoms with Gasteiger partial charge in [-0.2, -0.15) is 0 Å². The summed E-state index contributed by atoms with van der Waals surface area (Å²) in [7, 11) is 1.90. The summed E-state index contributed by atoms with van der Waals surface area (Å²) in [5.74, 6) is -0.171. The van der Waals surface area contributed by atoms with Crippen LogP contribution in [0, 0.1) is 5.82 Å². The number of halogens is 1. The van der Waals surface area contributed by atoms with Crippen LogP contribution in [-0.4, -0.2) is 13.6 Å². The van der Waals surface area contributed by atoms with E-state index in [1.165, 1.54) is 6.07 Å². The zero-order chi connectivity index (χ0) is 9.42. The molecule has 0 saturated carbocycles. The lowest BCUT2D eigenvalue weighted by Gasteiger charge is -2.31. The number of nitrogens with zero attached hydrogens (tertiary/aromatic N) is 1. The predicted octanol–water partition coefficient (Wildman–Crippen LogP) is 1.67. The highest BCUT2D eigenvalue weighted by molar-refractivity contribution is 5.57. The molecule has 2 N–H and O–H groups in total. The number of fused-ring (bicyclic) bond motifs is 1. The molecule has 0 spiro atoms. The zero-order valence-electron chi connectivity index (χ0n) is 7.63. The number of nitrogens with two attached hydrogens (primary N) is 1. The first-order chi connectivity index (χ1) is 6.20. The maximum absolute atomic E-state index is 13.4. The highest BCUT2D eigenvalue weighted by Gasteiger charge is 2.22. The van der Waals surface area contributed by atoms with Gasteiger partial charge >= 0.3 is 0 Å². The minimum atomic E-state index is -0.171. The van der Waals surface area contributed by atoms with Crippen molar-refractivity contribution in [1.82, 2.24) is 0 Å². The van der Waals surface area contributed by atoms with Gasteiger partial charge in [-0.1, -0.05) is 12.1 Å². The Hall–Kier alpha value is -1.09. The van der Waals surface area contributed by atoms with Crippen molar-refractivity contribution in [3.63, 3.8) is 0 Å². The van der Waals surface area contributed by atoms with E-state index >= 15 is 0 Å². The second-order valence-corrected chi connectivity index (χ2v) is 3.49. The summed E-state index contributed by atoms with van der Waals surface area (Å²) in [4.78, 5) is 1.92. The molecule has 1 aromatic carbocycles.